The van der Waals surface area contributed by atoms with Gasteiger partial charge in [0, 0.05) is 6.20 Å². The van der Waals surface area contributed by atoms with Crippen LogP contribution in [0.4, 0.5) is 0 Å². The van der Waals surface area contributed by atoms with Crippen LogP contribution in [0.25, 0.3) is 0 Å². The highest BCUT2D eigenvalue weighted by Crippen LogP contribution is 2.41. The first-order chi connectivity index (χ1) is 12.2. The number of benzene rings is 1. The number of terminal acetylenes is 1. The van der Waals surface area contributed by atoms with Crippen LogP contribution in [0.2, 0.25) is 0 Å². The van der Waals surface area contributed by atoms with Crippen LogP contribution in [-0.4, -0.2) is 29.3 Å². The minimum atomic E-state index is -0.342. The van der Waals surface area contributed by atoms with Crippen molar-refractivity contribution >= 4 is 22.9 Å². The Kier molecular flexibility index (Phi) is 5.15. The number of ether oxygens (including phenoxy) is 2. The van der Waals surface area contributed by atoms with E-state index in [1.54, 1.807) is 6.92 Å². The Hall–Kier alpha value is -2.65. The molecule has 1 atom stereocenters. The van der Waals surface area contributed by atoms with E-state index in [9.17, 15) is 4.79 Å². The van der Waals surface area contributed by atoms with Crippen molar-refractivity contribution in [2.45, 2.75) is 19.9 Å². The first kappa shape index (κ1) is 17.2. The van der Waals surface area contributed by atoms with Crippen LogP contribution in [0.3, 0.4) is 0 Å². The zero-order valence-corrected chi connectivity index (χ0v) is 14.9. The lowest BCUT2D eigenvalue weighted by atomic mass is 9.95. The van der Waals surface area contributed by atoms with E-state index >= 15 is 0 Å². The van der Waals surface area contributed by atoms with Crippen molar-refractivity contribution in [1.29, 1.82) is 0 Å². The number of hydrogen-bond donors (Lipinski definition) is 0. The van der Waals surface area contributed by atoms with E-state index in [1.807, 2.05) is 47.7 Å². The summed E-state index contributed by atoms with van der Waals surface area (Å²) < 4.78 is 10.7. The number of allylic oxidation sites excluding steroid dienone is 1. The van der Waals surface area contributed by atoms with Gasteiger partial charge in [0.25, 0.3) is 0 Å². The second-order valence-corrected chi connectivity index (χ2v) is 6.26. The van der Waals surface area contributed by atoms with Crippen LogP contribution in [0.1, 0.15) is 25.5 Å². The van der Waals surface area contributed by atoms with E-state index in [4.69, 9.17) is 15.9 Å². The molecule has 0 aliphatic carbocycles. The van der Waals surface area contributed by atoms with Crippen LogP contribution < -0.4 is 4.74 Å². The summed E-state index contributed by atoms with van der Waals surface area (Å²) in [7, 11) is 0. The molecule has 0 fully saturated rings. The molecule has 2 heterocycles. The highest BCUT2D eigenvalue weighted by molar-refractivity contribution is 8.16. The maximum atomic E-state index is 12.5. The second-order valence-electron chi connectivity index (χ2n) is 5.39. The van der Waals surface area contributed by atoms with E-state index in [0.29, 0.717) is 23.6 Å². The molecular formula is C19H18N2O3S. The quantitative estimate of drug-likeness (QED) is 0.599. The number of carbonyl (C=O) groups excluding carboxylic acids is 1. The summed E-state index contributed by atoms with van der Waals surface area (Å²) >= 11 is 1.53. The molecule has 2 aliphatic heterocycles. The molecule has 6 heteroatoms. The van der Waals surface area contributed by atoms with Crippen molar-refractivity contribution < 1.29 is 14.3 Å². The highest BCUT2D eigenvalue weighted by atomic mass is 32.2. The molecule has 1 aromatic rings. The van der Waals surface area contributed by atoms with Crippen molar-refractivity contribution in [3.63, 3.8) is 0 Å². The largest absolute Gasteiger partial charge is 0.481 e. The van der Waals surface area contributed by atoms with E-state index in [2.05, 4.69) is 10.9 Å². The maximum Gasteiger partial charge on any atom is 0.338 e. The molecular weight excluding hydrogens is 336 g/mol. The van der Waals surface area contributed by atoms with Crippen molar-refractivity contribution in [2.24, 2.45) is 4.99 Å². The second kappa shape index (κ2) is 7.49. The smallest absolute Gasteiger partial charge is 0.338 e. The molecule has 3 rings (SSSR count). The Bertz CT molecular complexity index is 803. The summed E-state index contributed by atoms with van der Waals surface area (Å²) in [6.07, 6.45) is 7.15. The molecule has 0 radical (unpaired) electrons. The van der Waals surface area contributed by atoms with Gasteiger partial charge in [0.1, 0.15) is 12.4 Å². The predicted molar refractivity (Wildman–Crippen MR) is 98.8 cm³/mol. The monoisotopic (exact) mass is 354 g/mol. The van der Waals surface area contributed by atoms with Gasteiger partial charge in [-0.1, -0.05) is 29.8 Å². The van der Waals surface area contributed by atoms with E-state index in [-0.39, 0.29) is 18.6 Å². The van der Waals surface area contributed by atoms with E-state index in [1.165, 1.54) is 11.8 Å². The summed E-state index contributed by atoms with van der Waals surface area (Å²) in [5, 5.41) is 2.81. The summed E-state index contributed by atoms with van der Waals surface area (Å²) in [4.78, 5) is 19.1. The zero-order chi connectivity index (χ0) is 17.8. The molecule has 0 saturated carbocycles. The van der Waals surface area contributed by atoms with Gasteiger partial charge in [-0.3, -0.25) is 0 Å². The highest BCUT2D eigenvalue weighted by Gasteiger charge is 2.37. The molecule has 0 spiro atoms. The van der Waals surface area contributed by atoms with Gasteiger partial charge >= 0.3 is 5.97 Å². The van der Waals surface area contributed by atoms with Crippen molar-refractivity contribution in [3.05, 3.63) is 52.7 Å². The summed E-state index contributed by atoms with van der Waals surface area (Å²) in [6.45, 7) is 4.18. The van der Waals surface area contributed by atoms with Crippen LogP contribution in [0, 0.1) is 12.3 Å². The number of thioether (sulfide) groups is 1. The number of esters is 1. The SMILES string of the molecule is C#CCOc1ccc([C@H]2C(C(=O)OCC)=C(C)N=C3SC=CN32)cc1. The number of fused-ring (bicyclic) bond motifs is 1. The Balaban J connectivity index is 1.98. The third-order valence-electron chi connectivity index (χ3n) is 3.83. The average molecular weight is 354 g/mol. The Labute approximate surface area is 151 Å². The number of carbonyl (C=O) groups is 1. The third kappa shape index (κ3) is 3.42. The standard InChI is InChI=1S/C19H18N2O3S/c1-4-11-24-15-8-6-14(7-9-15)17-16(18(22)23-5-2)13(3)20-19-21(17)10-12-25-19/h1,6-10,12,17H,5,11H2,2-3H3/t17-/m0/s1. The molecule has 25 heavy (non-hydrogen) atoms. The van der Waals surface area contributed by atoms with E-state index in [0.717, 1.165) is 10.7 Å². The molecule has 128 valence electrons. The average Bonchev–Trinajstić information content (AvgIpc) is 3.07. The van der Waals surface area contributed by atoms with Gasteiger partial charge in [-0.15, -0.1) is 6.42 Å². The number of rotatable bonds is 5. The van der Waals surface area contributed by atoms with Gasteiger partial charge in [0.15, 0.2) is 5.17 Å². The lowest BCUT2D eigenvalue weighted by Crippen LogP contribution is -2.34. The van der Waals surface area contributed by atoms with Gasteiger partial charge in [0.05, 0.1) is 23.9 Å². The lowest BCUT2D eigenvalue weighted by Gasteiger charge is -2.33. The molecule has 0 bridgehead atoms. The Morgan fingerprint density at radius 1 is 1.40 bits per heavy atom. The molecule has 0 saturated heterocycles. The fourth-order valence-corrected chi connectivity index (χ4v) is 3.56. The number of aliphatic imine (C=N–C) groups is 1. The van der Waals surface area contributed by atoms with Crippen LogP contribution in [0.5, 0.6) is 5.75 Å². The maximum absolute atomic E-state index is 12.5. The van der Waals surface area contributed by atoms with Crippen molar-refractivity contribution in [3.8, 4) is 18.1 Å². The van der Waals surface area contributed by atoms with Gasteiger partial charge < -0.3 is 14.4 Å². The van der Waals surface area contributed by atoms with Crippen molar-refractivity contribution in [2.75, 3.05) is 13.2 Å². The lowest BCUT2D eigenvalue weighted by molar-refractivity contribution is -0.139. The summed E-state index contributed by atoms with van der Waals surface area (Å²) in [5.41, 5.74) is 2.18. The minimum absolute atomic E-state index is 0.220. The molecule has 5 nitrogen and oxygen atoms in total. The summed E-state index contributed by atoms with van der Waals surface area (Å²) in [5.74, 6) is 2.79. The van der Waals surface area contributed by atoms with Crippen molar-refractivity contribution in [1.82, 2.24) is 4.90 Å². The first-order valence-electron chi connectivity index (χ1n) is 7.90. The molecule has 0 N–H and O–H groups in total. The topological polar surface area (TPSA) is 51.1 Å². The summed E-state index contributed by atoms with van der Waals surface area (Å²) in [6, 6.07) is 7.29. The van der Waals surface area contributed by atoms with E-state index < -0.39 is 0 Å². The predicted octanol–water partition coefficient (Wildman–Crippen LogP) is 3.47. The Morgan fingerprint density at radius 2 is 2.16 bits per heavy atom. The minimum Gasteiger partial charge on any atom is -0.481 e. The fourth-order valence-electron chi connectivity index (χ4n) is 2.77. The van der Waals surface area contributed by atoms with Gasteiger partial charge in [-0.05, 0) is 37.0 Å². The van der Waals surface area contributed by atoms with Crippen LogP contribution in [0.15, 0.2) is 52.1 Å². The van der Waals surface area contributed by atoms with Gasteiger partial charge in [-0.25, -0.2) is 9.79 Å². The van der Waals surface area contributed by atoms with Crippen LogP contribution in [-0.2, 0) is 9.53 Å². The number of nitrogens with zero attached hydrogens (tertiary/aromatic N) is 2. The Morgan fingerprint density at radius 3 is 2.84 bits per heavy atom. The molecule has 0 amide bonds. The zero-order valence-electron chi connectivity index (χ0n) is 14.1. The molecule has 0 unspecified atom stereocenters. The normalized spacial score (nSPS) is 18.5. The number of amidine groups is 1. The fraction of sp³-hybridized carbons (Fsp3) is 0.263. The van der Waals surface area contributed by atoms with Crippen LogP contribution >= 0.6 is 11.8 Å². The first-order valence-corrected chi connectivity index (χ1v) is 8.78. The van der Waals surface area contributed by atoms with Gasteiger partial charge in [0.2, 0.25) is 0 Å². The number of hydrogen-bond acceptors (Lipinski definition) is 6. The molecule has 1 aromatic carbocycles. The molecule has 2 aliphatic rings. The van der Waals surface area contributed by atoms with Gasteiger partial charge in [-0.2, -0.15) is 0 Å². The molecule has 0 aromatic heterocycles. The third-order valence-corrected chi connectivity index (χ3v) is 4.60.